The van der Waals surface area contributed by atoms with Crippen LogP contribution in [0.1, 0.15) is 18.2 Å². The first-order chi connectivity index (χ1) is 6.81. The SMILES string of the molecule is NCCC(O)c1cn2ccncc2n1. The number of imidazole rings is 1. The molecule has 0 spiro atoms. The molecule has 2 rings (SSSR count). The van der Waals surface area contributed by atoms with Crippen molar-refractivity contribution in [1.82, 2.24) is 14.4 Å². The first-order valence-corrected chi connectivity index (χ1v) is 4.48. The van der Waals surface area contributed by atoms with E-state index in [-0.39, 0.29) is 0 Å². The molecular formula is C9H12N4O. The predicted molar refractivity (Wildman–Crippen MR) is 51.6 cm³/mol. The molecule has 0 aromatic carbocycles. The van der Waals surface area contributed by atoms with Crippen molar-refractivity contribution in [1.29, 1.82) is 0 Å². The quantitative estimate of drug-likeness (QED) is 0.723. The van der Waals surface area contributed by atoms with Crippen LogP contribution in [-0.4, -0.2) is 26.0 Å². The Labute approximate surface area is 81.2 Å². The van der Waals surface area contributed by atoms with Crippen LogP contribution in [0, 0.1) is 0 Å². The highest BCUT2D eigenvalue weighted by Gasteiger charge is 2.10. The van der Waals surface area contributed by atoms with E-state index >= 15 is 0 Å². The lowest BCUT2D eigenvalue weighted by Crippen LogP contribution is -2.06. The number of fused-ring (bicyclic) bond motifs is 1. The molecule has 0 aliphatic carbocycles. The second-order valence-corrected chi connectivity index (χ2v) is 3.10. The van der Waals surface area contributed by atoms with Crippen molar-refractivity contribution in [3.63, 3.8) is 0 Å². The van der Waals surface area contributed by atoms with Crippen LogP contribution >= 0.6 is 0 Å². The van der Waals surface area contributed by atoms with E-state index in [2.05, 4.69) is 9.97 Å². The monoisotopic (exact) mass is 192 g/mol. The van der Waals surface area contributed by atoms with Crippen molar-refractivity contribution in [2.45, 2.75) is 12.5 Å². The van der Waals surface area contributed by atoms with Gasteiger partial charge in [0.2, 0.25) is 0 Å². The van der Waals surface area contributed by atoms with Gasteiger partial charge >= 0.3 is 0 Å². The number of nitrogens with two attached hydrogens (primary N) is 1. The van der Waals surface area contributed by atoms with Gasteiger partial charge < -0.3 is 15.2 Å². The second-order valence-electron chi connectivity index (χ2n) is 3.10. The van der Waals surface area contributed by atoms with Gasteiger partial charge in [0, 0.05) is 18.6 Å². The Balaban J connectivity index is 2.35. The molecule has 2 heterocycles. The number of aromatic nitrogens is 3. The molecule has 0 fully saturated rings. The zero-order valence-corrected chi connectivity index (χ0v) is 7.67. The summed E-state index contributed by atoms with van der Waals surface area (Å²) >= 11 is 0. The van der Waals surface area contributed by atoms with Crippen LogP contribution in [0.3, 0.4) is 0 Å². The summed E-state index contributed by atoms with van der Waals surface area (Å²) in [6.07, 6.45) is 6.85. The molecule has 3 N–H and O–H groups in total. The maximum atomic E-state index is 9.65. The van der Waals surface area contributed by atoms with Gasteiger partial charge in [-0.2, -0.15) is 0 Å². The van der Waals surface area contributed by atoms with Crippen LogP contribution in [0.25, 0.3) is 5.65 Å². The van der Waals surface area contributed by atoms with Gasteiger partial charge in [0.05, 0.1) is 18.0 Å². The molecule has 0 radical (unpaired) electrons. The fourth-order valence-electron chi connectivity index (χ4n) is 1.33. The van der Waals surface area contributed by atoms with Crippen molar-refractivity contribution in [2.75, 3.05) is 6.54 Å². The first-order valence-electron chi connectivity index (χ1n) is 4.48. The summed E-state index contributed by atoms with van der Waals surface area (Å²) in [6, 6.07) is 0. The summed E-state index contributed by atoms with van der Waals surface area (Å²) in [5, 5.41) is 9.65. The highest BCUT2D eigenvalue weighted by atomic mass is 16.3. The van der Waals surface area contributed by atoms with E-state index in [0.717, 1.165) is 5.65 Å². The molecule has 0 saturated heterocycles. The lowest BCUT2D eigenvalue weighted by atomic mass is 10.2. The Morgan fingerprint density at radius 2 is 2.43 bits per heavy atom. The third kappa shape index (κ3) is 1.59. The molecule has 0 aliphatic rings. The topological polar surface area (TPSA) is 76.4 Å². The van der Waals surface area contributed by atoms with Crippen molar-refractivity contribution in [3.05, 3.63) is 30.5 Å². The Bertz CT molecular complexity index is 392. The summed E-state index contributed by atoms with van der Waals surface area (Å²) < 4.78 is 1.82. The van der Waals surface area contributed by atoms with Crippen molar-refractivity contribution in [2.24, 2.45) is 5.73 Å². The lowest BCUT2D eigenvalue weighted by Gasteiger charge is -2.03. The highest BCUT2D eigenvalue weighted by Crippen LogP contribution is 2.14. The molecule has 1 unspecified atom stereocenters. The lowest BCUT2D eigenvalue weighted by molar-refractivity contribution is 0.166. The minimum atomic E-state index is -0.583. The van der Waals surface area contributed by atoms with Gasteiger partial charge in [-0.05, 0) is 13.0 Å². The maximum Gasteiger partial charge on any atom is 0.155 e. The van der Waals surface area contributed by atoms with Gasteiger partial charge in [0.25, 0.3) is 0 Å². The fourth-order valence-corrected chi connectivity index (χ4v) is 1.33. The minimum Gasteiger partial charge on any atom is -0.387 e. The molecule has 5 nitrogen and oxygen atoms in total. The number of nitrogens with zero attached hydrogens (tertiary/aromatic N) is 3. The predicted octanol–water partition coefficient (Wildman–Crippen LogP) is 0.112. The van der Waals surface area contributed by atoms with E-state index in [4.69, 9.17) is 5.73 Å². The van der Waals surface area contributed by atoms with Crippen LogP contribution in [-0.2, 0) is 0 Å². The Morgan fingerprint density at radius 1 is 1.57 bits per heavy atom. The molecule has 0 saturated carbocycles. The molecule has 2 aromatic heterocycles. The van der Waals surface area contributed by atoms with E-state index < -0.39 is 6.10 Å². The number of aliphatic hydroxyl groups excluding tert-OH is 1. The summed E-state index contributed by atoms with van der Waals surface area (Å²) in [4.78, 5) is 8.17. The van der Waals surface area contributed by atoms with Gasteiger partial charge in [-0.25, -0.2) is 4.98 Å². The Morgan fingerprint density at radius 3 is 3.14 bits per heavy atom. The van der Waals surface area contributed by atoms with Gasteiger partial charge in [-0.3, -0.25) is 4.98 Å². The molecule has 0 bridgehead atoms. The summed E-state index contributed by atoms with van der Waals surface area (Å²) in [7, 11) is 0. The van der Waals surface area contributed by atoms with E-state index in [0.29, 0.717) is 18.7 Å². The van der Waals surface area contributed by atoms with Crippen molar-refractivity contribution < 1.29 is 5.11 Å². The van der Waals surface area contributed by atoms with E-state index in [9.17, 15) is 5.11 Å². The second kappa shape index (κ2) is 3.73. The standard InChI is InChI=1S/C9H12N4O/c10-2-1-8(14)7-6-13-4-3-11-5-9(13)12-7/h3-6,8,14H,1-2,10H2. The molecule has 5 heteroatoms. The molecular weight excluding hydrogens is 180 g/mol. The highest BCUT2D eigenvalue weighted by molar-refractivity contribution is 5.36. The van der Waals surface area contributed by atoms with E-state index in [1.54, 1.807) is 24.8 Å². The normalized spacial score (nSPS) is 13.3. The van der Waals surface area contributed by atoms with Crippen LogP contribution in [0.5, 0.6) is 0 Å². The zero-order valence-electron chi connectivity index (χ0n) is 7.67. The van der Waals surface area contributed by atoms with Gasteiger partial charge in [-0.1, -0.05) is 0 Å². The average Bonchev–Trinajstić information content (AvgIpc) is 2.61. The van der Waals surface area contributed by atoms with Crippen LogP contribution < -0.4 is 5.73 Å². The first kappa shape index (κ1) is 9.11. The number of aliphatic hydroxyl groups is 1. The van der Waals surface area contributed by atoms with Crippen LogP contribution in [0.2, 0.25) is 0 Å². The van der Waals surface area contributed by atoms with E-state index in [1.165, 1.54) is 0 Å². The molecule has 14 heavy (non-hydrogen) atoms. The largest absolute Gasteiger partial charge is 0.387 e. The minimum absolute atomic E-state index is 0.452. The fraction of sp³-hybridized carbons (Fsp3) is 0.333. The Kier molecular flexibility index (Phi) is 2.43. The van der Waals surface area contributed by atoms with Gasteiger partial charge in [0.15, 0.2) is 5.65 Å². The van der Waals surface area contributed by atoms with E-state index in [1.807, 2.05) is 4.40 Å². The molecule has 2 aromatic rings. The average molecular weight is 192 g/mol. The van der Waals surface area contributed by atoms with Crippen LogP contribution in [0.4, 0.5) is 0 Å². The molecule has 0 amide bonds. The summed E-state index contributed by atoms with van der Waals surface area (Å²) in [6.45, 7) is 0.452. The Hall–Kier alpha value is -1.46. The molecule has 0 aliphatic heterocycles. The molecule has 1 atom stereocenters. The molecule has 74 valence electrons. The van der Waals surface area contributed by atoms with Crippen molar-refractivity contribution >= 4 is 5.65 Å². The third-order valence-corrected chi connectivity index (χ3v) is 2.06. The summed E-state index contributed by atoms with van der Waals surface area (Å²) in [5.74, 6) is 0. The van der Waals surface area contributed by atoms with Crippen molar-refractivity contribution in [3.8, 4) is 0 Å². The smallest absolute Gasteiger partial charge is 0.155 e. The summed E-state index contributed by atoms with van der Waals surface area (Å²) in [5.41, 5.74) is 6.73. The maximum absolute atomic E-state index is 9.65. The number of rotatable bonds is 3. The zero-order chi connectivity index (χ0) is 9.97. The van der Waals surface area contributed by atoms with Gasteiger partial charge in [0.1, 0.15) is 0 Å². The third-order valence-electron chi connectivity index (χ3n) is 2.06. The number of hydrogen-bond donors (Lipinski definition) is 2. The van der Waals surface area contributed by atoms with Crippen LogP contribution in [0.15, 0.2) is 24.8 Å². The van der Waals surface area contributed by atoms with Gasteiger partial charge in [-0.15, -0.1) is 0 Å². The number of hydrogen-bond acceptors (Lipinski definition) is 4.